The summed E-state index contributed by atoms with van der Waals surface area (Å²) in [6.45, 7) is 2.59. The predicted octanol–water partition coefficient (Wildman–Crippen LogP) is -1.15. The van der Waals surface area contributed by atoms with Crippen LogP contribution in [0.2, 0.25) is 0 Å². The number of rotatable bonds is 4. The molecule has 1 fully saturated rings. The third-order valence-electron chi connectivity index (χ3n) is 2.60. The fourth-order valence-electron chi connectivity index (χ4n) is 1.89. The fraction of sp³-hybridized carbons (Fsp3) is 0.889. The second kappa shape index (κ2) is 5.93. The van der Waals surface area contributed by atoms with Gasteiger partial charge < -0.3 is 15.2 Å². The van der Waals surface area contributed by atoms with E-state index >= 15 is 0 Å². The van der Waals surface area contributed by atoms with Crippen molar-refractivity contribution in [3.63, 3.8) is 0 Å². The average molecular weight is 283 g/mol. The Hall–Kier alpha value is -0.740. The number of nitrogens with one attached hydrogen (secondary N) is 1. The molecule has 0 aromatic rings. The minimum atomic E-state index is -4.52. The van der Waals surface area contributed by atoms with Crippen LogP contribution in [0.15, 0.2) is 0 Å². The van der Waals surface area contributed by atoms with Crippen molar-refractivity contribution in [3.8, 4) is 0 Å². The third-order valence-corrected chi connectivity index (χ3v) is 3.04. The molecule has 0 aromatic carbocycles. The monoisotopic (exact) mass is 283 g/mol. The van der Waals surface area contributed by atoms with Crippen LogP contribution in [-0.4, -0.2) is 54.9 Å². The fourth-order valence-corrected chi connectivity index (χ4v) is 2.21. The maximum atomic E-state index is 10.9. The van der Waals surface area contributed by atoms with Gasteiger partial charge >= 0.3 is 10.4 Å². The van der Waals surface area contributed by atoms with Crippen molar-refractivity contribution >= 4 is 16.3 Å². The normalized spacial score (nSPS) is 33.1. The molecule has 9 heteroatoms. The first-order valence-electron chi connectivity index (χ1n) is 5.41. The molecule has 106 valence electrons. The van der Waals surface area contributed by atoms with E-state index in [9.17, 15) is 18.3 Å². The van der Waals surface area contributed by atoms with E-state index in [0.29, 0.717) is 0 Å². The van der Waals surface area contributed by atoms with Gasteiger partial charge in [-0.15, -0.1) is 0 Å². The second-order valence-electron chi connectivity index (χ2n) is 4.20. The summed E-state index contributed by atoms with van der Waals surface area (Å²) in [6, 6.07) is -0.551. The number of amides is 1. The molecule has 0 bridgehead atoms. The van der Waals surface area contributed by atoms with Crippen LogP contribution in [0.4, 0.5) is 0 Å². The summed E-state index contributed by atoms with van der Waals surface area (Å²) >= 11 is 0. The summed E-state index contributed by atoms with van der Waals surface area (Å²) in [5.74, 6) is -0.290. The van der Waals surface area contributed by atoms with Gasteiger partial charge in [0.25, 0.3) is 0 Å². The molecule has 1 aliphatic heterocycles. The summed E-state index contributed by atoms with van der Waals surface area (Å²) < 4.78 is 38.8. The van der Waals surface area contributed by atoms with E-state index in [1.807, 2.05) is 0 Å². The molecule has 1 heterocycles. The van der Waals surface area contributed by atoms with Crippen LogP contribution in [-0.2, 0) is 24.1 Å². The maximum Gasteiger partial charge on any atom is 0.397 e. The van der Waals surface area contributed by atoms with E-state index < -0.39 is 34.8 Å². The van der Waals surface area contributed by atoms with Crippen LogP contribution < -0.4 is 5.32 Å². The Bertz CT molecular complexity index is 384. The van der Waals surface area contributed by atoms with E-state index in [4.69, 9.17) is 9.29 Å². The molecule has 1 aliphatic rings. The van der Waals surface area contributed by atoms with Crippen molar-refractivity contribution in [2.24, 2.45) is 0 Å². The van der Waals surface area contributed by atoms with Crippen LogP contribution in [0, 0.1) is 0 Å². The van der Waals surface area contributed by atoms with Crippen LogP contribution in [0.1, 0.15) is 20.3 Å². The molecule has 18 heavy (non-hydrogen) atoms. The number of aliphatic hydroxyl groups excluding tert-OH is 1. The lowest BCUT2D eigenvalue weighted by atomic mass is 9.96. The van der Waals surface area contributed by atoms with Gasteiger partial charge in [0.2, 0.25) is 5.91 Å². The molecule has 3 N–H and O–H groups in total. The summed E-state index contributed by atoms with van der Waals surface area (Å²) in [7, 11) is -4.52. The van der Waals surface area contributed by atoms with Gasteiger partial charge in [-0.05, 0) is 6.92 Å². The van der Waals surface area contributed by atoms with Crippen LogP contribution in [0.25, 0.3) is 0 Å². The molecule has 0 aliphatic carbocycles. The molecular weight excluding hydrogens is 266 g/mol. The third kappa shape index (κ3) is 4.86. The van der Waals surface area contributed by atoms with Gasteiger partial charge in [-0.2, -0.15) is 8.42 Å². The summed E-state index contributed by atoms with van der Waals surface area (Å²) in [5.41, 5.74) is 0. The maximum absolute atomic E-state index is 10.9. The lowest BCUT2D eigenvalue weighted by molar-refractivity contribution is -0.136. The molecule has 1 rings (SSSR count). The minimum Gasteiger partial charge on any atom is -0.391 e. The van der Waals surface area contributed by atoms with Crippen molar-refractivity contribution in [3.05, 3.63) is 0 Å². The minimum absolute atomic E-state index is 0.102. The highest BCUT2D eigenvalue weighted by atomic mass is 32.3. The Morgan fingerprint density at radius 1 is 1.56 bits per heavy atom. The van der Waals surface area contributed by atoms with E-state index in [2.05, 4.69) is 9.50 Å². The van der Waals surface area contributed by atoms with Crippen molar-refractivity contribution < 1.29 is 31.8 Å². The number of carbonyl (C=O) groups excluding carboxylic acids is 1. The first-order valence-corrected chi connectivity index (χ1v) is 6.78. The van der Waals surface area contributed by atoms with Gasteiger partial charge in [0.05, 0.1) is 31.0 Å². The number of carbonyl (C=O) groups is 1. The highest BCUT2D eigenvalue weighted by Gasteiger charge is 2.36. The first-order chi connectivity index (χ1) is 8.19. The molecule has 0 saturated carbocycles. The molecule has 1 saturated heterocycles. The predicted molar refractivity (Wildman–Crippen MR) is 60.1 cm³/mol. The summed E-state index contributed by atoms with van der Waals surface area (Å²) in [6.07, 6.45) is -1.92. The van der Waals surface area contributed by atoms with Crippen LogP contribution in [0.3, 0.4) is 0 Å². The zero-order valence-electron chi connectivity index (χ0n) is 10.1. The van der Waals surface area contributed by atoms with Gasteiger partial charge in [0.1, 0.15) is 0 Å². The topological polar surface area (TPSA) is 122 Å². The smallest absolute Gasteiger partial charge is 0.391 e. The number of hydrogen-bond acceptors (Lipinski definition) is 6. The quantitative estimate of drug-likeness (QED) is 0.557. The largest absolute Gasteiger partial charge is 0.397 e. The van der Waals surface area contributed by atoms with Crippen molar-refractivity contribution in [1.29, 1.82) is 0 Å². The Morgan fingerprint density at radius 2 is 2.17 bits per heavy atom. The van der Waals surface area contributed by atoms with Crippen molar-refractivity contribution in [2.45, 2.75) is 44.6 Å². The van der Waals surface area contributed by atoms with E-state index in [0.717, 1.165) is 0 Å². The van der Waals surface area contributed by atoms with Crippen LogP contribution >= 0.6 is 0 Å². The number of ether oxygens (including phenoxy) is 1. The first kappa shape index (κ1) is 15.3. The molecule has 8 nitrogen and oxygen atoms in total. The second-order valence-corrected chi connectivity index (χ2v) is 5.30. The zero-order chi connectivity index (χ0) is 13.9. The Morgan fingerprint density at radius 3 is 2.61 bits per heavy atom. The van der Waals surface area contributed by atoms with Gasteiger partial charge in [-0.3, -0.25) is 9.35 Å². The zero-order valence-corrected chi connectivity index (χ0v) is 10.9. The highest BCUT2D eigenvalue weighted by Crippen LogP contribution is 2.20. The molecule has 0 aromatic heterocycles. The molecule has 0 spiro atoms. The molecule has 0 radical (unpaired) electrons. The summed E-state index contributed by atoms with van der Waals surface area (Å²) in [4.78, 5) is 10.9. The molecule has 1 amide bonds. The summed E-state index contributed by atoms with van der Waals surface area (Å²) in [5, 5.41) is 12.4. The van der Waals surface area contributed by atoms with Gasteiger partial charge in [0.15, 0.2) is 0 Å². The number of aliphatic hydroxyl groups is 1. The Labute approximate surface area is 105 Å². The number of hydrogen-bond donors (Lipinski definition) is 3. The lowest BCUT2D eigenvalue weighted by Gasteiger charge is -2.38. The van der Waals surface area contributed by atoms with Crippen molar-refractivity contribution in [1.82, 2.24) is 5.32 Å². The van der Waals surface area contributed by atoms with E-state index in [1.54, 1.807) is 6.92 Å². The highest BCUT2D eigenvalue weighted by molar-refractivity contribution is 7.80. The van der Waals surface area contributed by atoms with Gasteiger partial charge in [-0.1, -0.05) is 0 Å². The lowest BCUT2D eigenvalue weighted by Crippen LogP contribution is -2.56. The Balaban J connectivity index is 2.53. The molecular formula is C9H17NO7S. The SMILES string of the molecule is CC(=O)NC1C(O)CC(COS(=O)(=O)O)OC1C. The Kier molecular flexibility index (Phi) is 5.05. The van der Waals surface area contributed by atoms with Gasteiger partial charge in [-0.25, -0.2) is 4.18 Å². The molecule has 4 unspecified atom stereocenters. The standard InChI is InChI=1S/C9H17NO7S/c1-5-9(10-6(2)11)8(12)3-7(17-5)4-16-18(13,14)15/h5,7-9,12H,3-4H2,1-2H3,(H,10,11)(H,13,14,15). The van der Waals surface area contributed by atoms with Gasteiger partial charge in [0, 0.05) is 13.3 Å². The van der Waals surface area contributed by atoms with Crippen LogP contribution in [0.5, 0.6) is 0 Å². The van der Waals surface area contributed by atoms with E-state index in [1.165, 1.54) is 6.92 Å². The molecule has 4 atom stereocenters. The average Bonchev–Trinajstić information content (AvgIpc) is 2.19. The van der Waals surface area contributed by atoms with E-state index in [-0.39, 0.29) is 18.9 Å². The van der Waals surface area contributed by atoms with Crippen molar-refractivity contribution in [2.75, 3.05) is 6.61 Å².